The second-order valence-electron chi connectivity index (χ2n) is 10.2. The Labute approximate surface area is 211 Å². The number of phenols is 1. The zero-order chi connectivity index (χ0) is 26.8. The van der Waals surface area contributed by atoms with E-state index in [-0.39, 0.29) is 41.6 Å². The summed E-state index contributed by atoms with van der Waals surface area (Å²) in [4.78, 5) is 48.3. The SMILES string of the molecule is CC(C)CC(C(=O)N[C@@H](CSCC[C@H](NC(=O)CC(C)(C)C)C(=O)O)C(=O)O)c1ccc(O)cc1. The normalized spacial score (nSPS) is 14.1. The quantitative estimate of drug-likeness (QED) is 0.239. The van der Waals surface area contributed by atoms with Gasteiger partial charge < -0.3 is 26.0 Å². The Bertz CT molecular complexity index is 866. The summed E-state index contributed by atoms with van der Waals surface area (Å²) in [5.41, 5.74) is 0.406. The third-order valence-corrected chi connectivity index (χ3v) is 6.19. The number of aromatic hydroxyl groups is 1. The highest BCUT2D eigenvalue weighted by Gasteiger charge is 2.28. The number of hydrogen-bond acceptors (Lipinski definition) is 6. The van der Waals surface area contributed by atoms with E-state index in [4.69, 9.17) is 0 Å². The van der Waals surface area contributed by atoms with E-state index in [0.717, 1.165) is 0 Å². The molecule has 0 spiro atoms. The Morgan fingerprint density at radius 2 is 1.51 bits per heavy atom. The average molecular weight is 511 g/mol. The maximum atomic E-state index is 13.0. The van der Waals surface area contributed by atoms with Gasteiger partial charge in [-0.25, -0.2) is 9.59 Å². The lowest BCUT2D eigenvalue weighted by atomic mass is 9.89. The average Bonchev–Trinajstić information content (AvgIpc) is 2.72. The highest BCUT2D eigenvalue weighted by molar-refractivity contribution is 7.99. The summed E-state index contributed by atoms with van der Waals surface area (Å²) in [6, 6.07) is 4.04. The van der Waals surface area contributed by atoms with Crippen LogP contribution < -0.4 is 10.6 Å². The third kappa shape index (κ3) is 12.0. The Morgan fingerprint density at radius 3 is 2.00 bits per heavy atom. The third-order valence-electron chi connectivity index (χ3n) is 5.09. The van der Waals surface area contributed by atoms with Gasteiger partial charge in [0.25, 0.3) is 0 Å². The maximum Gasteiger partial charge on any atom is 0.327 e. The first-order chi connectivity index (χ1) is 16.2. The molecule has 0 saturated carbocycles. The molecule has 2 amide bonds. The van der Waals surface area contributed by atoms with Gasteiger partial charge in [-0.3, -0.25) is 9.59 Å². The summed E-state index contributed by atoms with van der Waals surface area (Å²) in [7, 11) is 0. The number of benzene rings is 1. The van der Waals surface area contributed by atoms with Gasteiger partial charge in [-0.1, -0.05) is 46.8 Å². The molecule has 0 radical (unpaired) electrons. The van der Waals surface area contributed by atoms with E-state index in [1.807, 2.05) is 34.6 Å². The lowest BCUT2D eigenvalue weighted by Gasteiger charge is -2.22. The van der Waals surface area contributed by atoms with E-state index in [0.29, 0.717) is 17.7 Å². The lowest BCUT2D eigenvalue weighted by Crippen LogP contribution is -2.45. The summed E-state index contributed by atoms with van der Waals surface area (Å²) in [6.45, 7) is 9.57. The number of thioether (sulfide) groups is 1. The Hall–Kier alpha value is -2.75. The molecular formula is C25H38N2O7S. The molecule has 0 saturated heterocycles. The van der Waals surface area contributed by atoms with Crippen LogP contribution in [0, 0.1) is 11.3 Å². The minimum absolute atomic E-state index is 0.0489. The van der Waals surface area contributed by atoms with Crippen LogP contribution in [0.4, 0.5) is 0 Å². The van der Waals surface area contributed by atoms with Gasteiger partial charge in [-0.15, -0.1) is 0 Å². The van der Waals surface area contributed by atoms with Gasteiger partial charge in [-0.05, 0) is 47.6 Å². The summed E-state index contributed by atoms with van der Waals surface area (Å²) in [5, 5.41) is 33.6. The number of aliphatic carboxylic acids is 2. The van der Waals surface area contributed by atoms with E-state index in [2.05, 4.69) is 10.6 Å². The summed E-state index contributed by atoms with van der Waals surface area (Å²) in [6.07, 6.45) is 0.819. The molecule has 0 aliphatic rings. The molecule has 0 bridgehead atoms. The van der Waals surface area contributed by atoms with E-state index in [1.165, 1.54) is 23.9 Å². The first kappa shape index (κ1) is 30.3. The van der Waals surface area contributed by atoms with Crippen molar-refractivity contribution < 1.29 is 34.5 Å². The first-order valence-corrected chi connectivity index (χ1v) is 12.8. The standard InChI is InChI=1S/C25H38N2O7S/c1-15(2)12-18(16-6-8-17(28)9-7-16)22(30)27-20(24(33)34)14-35-11-10-19(23(31)32)26-21(29)13-25(3,4)5/h6-9,15,18-20,28H,10-14H2,1-5H3,(H,26,29)(H,27,30)(H,31,32)(H,33,34)/t18?,19-,20-/m0/s1. The van der Waals surface area contributed by atoms with E-state index in [1.54, 1.807) is 12.1 Å². The van der Waals surface area contributed by atoms with Crippen LogP contribution in [0.1, 0.15) is 65.4 Å². The number of carboxylic acid groups (broad SMARTS) is 2. The minimum Gasteiger partial charge on any atom is -0.508 e. The van der Waals surface area contributed by atoms with Crippen molar-refractivity contribution in [3.8, 4) is 5.75 Å². The molecule has 10 heteroatoms. The molecule has 35 heavy (non-hydrogen) atoms. The van der Waals surface area contributed by atoms with Gasteiger partial charge in [0, 0.05) is 12.2 Å². The zero-order valence-corrected chi connectivity index (χ0v) is 21.9. The molecule has 0 heterocycles. The summed E-state index contributed by atoms with van der Waals surface area (Å²) < 4.78 is 0. The van der Waals surface area contributed by atoms with Crippen molar-refractivity contribution in [2.45, 2.75) is 71.9 Å². The molecule has 196 valence electrons. The zero-order valence-electron chi connectivity index (χ0n) is 21.0. The number of phenolic OH excluding ortho intramolecular Hbond substituents is 1. The van der Waals surface area contributed by atoms with E-state index < -0.39 is 35.8 Å². The number of hydrogen-bond donors (Lipinski definition) is 5. The van der Waals surface area contributed by atoms with Crippen molar-refractivity contribution >= 4 is 35.5 Å². The van der Waals surface area contributed by atoms with Crippen molar-refractivity contribution in [1.82, 2.24) is 10.6 Å². The fourth-order valence-electron chi connectivity index (χ4n) is 3.41. The molecule has 5 N–H and O–H groups in total. The largest absolute Gasteiger partial charge is 0.508 e. The second kappa shape index (κ2) is 14.0. The van der Waals surface area contributed by atoms with Gasteiger partial charge in [-0.2, -0.15) is 11.8 Å². The first-order valence-electron chi connectivity index (χ1n) is 11.6. The van der Waals surface area contributed by atoms with Crippen molar-refractivity contribution in [3.63, 3.8) is 0 Å². The fourth-order valence-corrected chi connectivity index (χ4v) is 4.44. The highest BCUT2D eigenvalue weighted by Crippen LogP contribution is 2.26. The number of carbonyl (C=O) groups is 4. The summed E-state index contributed by atoms with van der Waals surface area (Å²) >= 11 is 1.20. The Balaban J connectivity index is 2.71. The monoisotopic (exact) mass is 510 g/mol. The molecule has 0 fully saturated rings. The van der Waals surface area contributed by atoms with Crippen LogP contribution >= 0.6 is 11.8 Å². The smallest absolute Gasteiger partial charge is 0.327 e. The number of amides is 2. The molecule has 0 aliphatic heterocycles. The second-order valence-corrected chi connectivity index (χ2v) is 11.4. The fraction of sp³-hybridized carbons (Fsp3) is 0.600. The topological polar surface area (TPSA) is 153 Å². The van der Waals surface area contributed by atoms with E-state index in [9.17, 15) is 34.5 Å². The molecule has 1 rings (SSSR count). The molecular weight excluding hydrogens is 472 g/mol. The van der Waals surface area contributed by atoms with Crippen LogP contribution in [-0.2, 0) is 19.2 Å². The predicted octanol–water partition coefficient (Wildman–Crippen LogP) is 3.22. The maximum absolute atomic E-state index is 13.0. The van der Waals surface area contributed by atoms with Crippen molar-refractivity contribution in [2.75, 3.05) is 11.5 Å². The Morgan fingerprint density at radius 1 is 0.943 bits per heavy atom. The Kier molecular flexibility index (Phi) is 12.1. The van der Waals surface area contributed by atoms with Crippen LogP contribution in [0.3, 0.4) is 0 Å². The molecule has 1 aromatic carbocycles. The van der Waals surface area contributed by atoms with Crippen LogP contribution in [0.25, 0.3) is 0 Å². The number of nitrogens with one attached hydrogen (secondary N) is 2. The molecule has 0 aromatic heterocycles. The molecule has 9 nitrogen and oxygen atoms in total. The molecule has 1 unspecified atom stereocenters. The molecule has 0 aliphatic carbocycles. The number of rotatable bonds is 14. The van der Waals surface area contributed by atoms with Gasteiger partial charge in [0.2, 0.25) is 11.8 Å². The van der Waals surface area contributed by atoms with Crippen molar-refractivity contribution in [2.24, 2.45) is 11.3 Å². The van der Waals surface area contributed by atoms with Gasteiger partial charge in [0.05, 0.1) is 5.92 Å². The van der Waals surface area contributed by atoms with Crippen LogP contribution in [-0.4, -0.2) is 62.7 Å². The van der Waals surface area contributed by atoms with Crippen LogP contribution in [0.2, 0.25) is 0 Å². The minimum atomic E-state index is -1.19. The van der Waals surface area contributed by atoms with E-state index >= 15 is 0 Å². The lowest BCUT2D eigenvalue weighted by molar-refractivity contribution is -0.142. The van der Waals surface area contributed by atoms with Gasteiger partial charge in [0.15, 0.2) is 0 Å². The van der Waals surface area contributed by atoms with Gasteiger partial charge >= 0.3 is 11.9 Å². The van der Waals surface area contributed by atoms with Crippen molar-refractivity contribution in [1.29, 1.82) is 0 Å². The predicted molar refractivity (Wildman–Crippen MR) is 135 cm³/mol. The highest BCUT2D eigenvalue weighted by atomic mass is 32.2. The molecule has 1 aromatic rings. The van der Waals surface area contributed by atoms with Crippen LogP contribution in [0.5, 0.6) is 5.75 Å². The van der Waals surface area contributed by atoms with Crippen LogP contribution in [0.15, 0.2) is 24.3 Å². The van der Waals surface area contributed by atoms with Crippen molar-refractivity contribution in [3.05, 3.63) is 29.8 Å². The summed E-state index contributed by atoms with van der Waals surface area (Å²) in [5.74, 6) is -3.09. The molecule has 3 atom stereocenters. The van der Waals surface area contributed by atoms with Gasteiger partial charge in [0.1, 0.15) is 17.8 Å². The number of carboxylic acids is 2. The number of carbonyl (C=O) groups excluding carboxylic acids is 2.